The molecule has 0 atom stereocenters. The van der Waals surface area contributed by atoms with Gasteiger partial charge in [0.05, 0.1) is 4.92 Å². The highest BCUT2D eigenvalue weighted by Crippen LogP contribution is 2.28. The number of hydrogen-bond acceptors (Lipinski definition) is 7. The van der Waals surface area contributed by atoms with Gasteiger partial charge in [0.1, 0.15) is 5.69 Å². The monoisotopic (exact) mass is 269 g/mol. The van der Waals surface area contributed by atoms with Gasteiger partial charge in [-0.2, -0.15) is 4.98 Å². The summed E-state index contributed by atoms with van der Waals surface area (Å²) in [6.45, 7) is 2.82. The summed E-state index contributed by atoms with van der Waals surface area (Å²) in [4.78, 5) is 20.6. The lowest BCUT2D eigenvalue weighted by Crippen LogP contribution is -2.23. The summed E-state index contributed by atoms with van der Waals surface area (Å²) in [6, 6.07) is 0. The van der Waals surface area contributed by atoms with Crippen molar-refractivity contribution in [3.05, 3.63) is 15.8 Å². The van der Waals surface area contributed by atoms with E-state index >= 15 is 0 Å². The fourth-order valence-electron chi connectivity index (χ4n) is 1.70. The zero-order chi connectivity index (χ0) is 14.4. The molecule has 19 heavy (non-hydrogen) atoms. The Balaban J connectivity index is 3.07. The van der Waals surface area contributed by atoms with Crippen molar-refractivity contribution in [3.8, 4) is 0 Å². The van der Waals surface area contributed by atoms with Crippen LogP contribution in [0.3, 0.4) is 0 Å². The third kappa shape index (κ3) is 3.75. The first-order valence-corrected chi connectivity index (χ1v) is 5.92. The lowest BCUT2D eigenvalue weighted by Gasteiger charge is -2.18. The second-order valence-corrected chi connectivity index (χ2v) is 4.08. The predicted molar refractivity (Wildman–Crippen MR) is 72.7 cm³/mol. The average molecular weight is 269 g/mol. The minimum atomic E-state index is -0.447. The number of nitrogens with zero attached hydrogens (tertiary/aromatic N) is 4. The first kappa shape index (κ1) is 15.1. The summed E-state index contributed by atoms with van der Waals surface area (Å²) in [5, 5.41) is 13.9. The molecule has 0 aliphatic carbocycles. The van der Waals surface area contributed by atoms with Crippen molar-refractivity contribution in [2.45, 2.75) is 13.3 Å². The molecule has 0 aliphatic heterocycles. The van der Waals surface area contributed by atoms with E-state index in [1.807, 2.05) is 0 Å². The third-order valence-electron chi connectivity index (χ3n) is 2.65. The maximum atomic E-state index is 11.1. The summed E-state index contributed by atoms with van der Waals surface area (Å²) in [5.41, 5.74) is 0.289. The third-order valence-corrected chi connectivity index (χ3v) is 2.65. The molecule has 8 heteroatoms. The first-order valence-electron chi connectivity index (χ1n) is 5.92. The van der Waals surface area contributed by atoms with Crippen LogP contribution in [0.4, 0.5) is 17.5 Å². The summed E-state index contributed by atoms with van der Waals surface area (Å²) in [6.07, 6.45) is 0.766. The van der Waals surface area contributed by atoms with Crippen LogP contribution in [0, 0.1) is 17.0 Å². The lowest BCUT2D eigenvalue weighted by atomic mass is 10.3. The number of nitro groups is 1. The molecule has 8 nitrogen and oxygen atoms in total. The minimum Gasteiger partial charge on any atom is -0.385 e. The fourth-order valence-corrected chi connectivity index (χ4v) is 1.70. The zero-order valence-corrected chi connectivity index (χ0v) is 11.6. The van der Waals surface area contributed by atoms with Crippen LogP contribution >= 0.6 is 0 Å². The van der Waals surface area contributed by atoms with Crippen molar-refractivity contribution < 1.29 is 9.66 Å². The Hall–Kier alpha value is -1.96. The van der Waals surface area contributed by atoms with E-state index in [9.17, 15) is 10.1 Å². The molecule has 1 rings (SSSR count). The fraction of sp³-hybridized carbons (Fsp3) is 0.636. The Morgan fingerprint density at radius 2 is 2.16 bits per heavy atom. The summed E-state index contributed by atoms with van der Waals surface area (Å²) in [7, 11) is 5.07. The quantitative estimate of drug-likeness (QED) is 0.451. The van der Waals surface area contributed by atoms with Crippen molar-refractivity contribution in [2.24, 2.45) is 0 Å². The van der Waals surface area contributed by atoms with Gasteiger partial charge in [-0.3, -0.25) is 10.1 Å². The van der Waals surface area contributed by atoms with Gasteiger partial charge in [0.2, 0.25) is 11.8 Å². The summed E-state index contributed by atoms with van der Waals surface area (Å²) < 4.78 is 4.97. The van der Waals surface area contributed by atoms with Crippen molar-refractivity contribution in [1.82, 2.24) is 9.97 Å². The molecule has 0 saturated heterocycles. The van der Waals surface area contributed by atoms with Crippen molar-refractivity contribution in [3.63, 3.8) is 0 Å². The van der Waals surface area contributed by atoms with Crippen LogP contribution < -0.4 is 10.2 Å². The topological polar surface area (TPSA) is 93.4 Å². The Labute approximate surface area is 112 Å². The highest BCUT2D eigenvalue weighted by atomic mass is 16.6. The van der Waals surface area contributed by atoms with Gasteiger partial charge in [-0.1, -0.05) is 0 Å². The highest BCUT2D eigenvalue weighted by Gasteiger charge is 2.24. The SMILES string of the molecule is CNc1nc(C)c([N+](=O)[O-])c(N(C)CCCOC)n1. The van der Waals surface area contributed by atoms with Crippen molar-refractivity contribution in [1.29, 1.82) is 0 Å². The molecule has 1 aromatic heterocycles. The van der Waals surface area contributed by atoms with E-state index in [2.05, 4.69) is 15.3 Å². The number of nitrogens with one attached hydrogen (secondary N) is 1. The lowest BCUT2D eigenvalue weighted by molar-refractivity contribution is -0.385. The second-order valence-electron chi connectivity index (χ2n) is 4.08. The smallest absolute Gasteiger partial charge is 0.332 e. The Bertz CT molecular complexity index is 452. The summed E-state index contributed by atoms with van der Waals surface area (Å²) >= 11 is 0. The number of aromatic nitrogens is 2. The van der Waals surface area contributed by atoms with Crippen LogP contribution in [0.2, 0.25) is 0 Å². The zero-order valence-electron chi connectivity index (χ0n) is 11.6. The molecule has 1 heterocycles. The van der Waals surface area contributed by atoms with Crippen molar-refractivity contribution >= 4 is 17.5 Å². The first-order chi connectivity index (χ1) is 9.01. The molecular weight excluding hydrogens is 250 g/mol. The molecular formula is C11H19N5O3. The second kappa shape index (κ2) is 6.83. The maximum absolute atomic E-state index is 11.1. The van der Waals surface area contributed by atoms with E-state index in [0.717, 1.165) is 6.42 Å². The van der Waals surface area contributed by atoms with E-state index < -0.39 is 4.92 Å². The van der Waals surface area contributed by atoms with Crippen molar-refractivity contribution in [2.75, 3.05) is 44.6 Å². The van der Waals surface area contributed by atoms with E-state index in [-0.39, 0.29) is 5.69 Å². The van der Waals surface area contributed by atoms with Crippen LogP contribution in [0.15, 0.2) is 0 Å². The van der Waals surface area contributed by atoms with Gasteiger partial charge in [-0.25, -0.2) is 4.98 Å². The van der Waals surface area contributed by atoms with Crippen LogP contribution in [-0.2, 0) is 4.74 Å². The van der Waals surface area contributed by atoms with Gasteiger partial charge >= 0.3 is 5.69 Å². The molecule has 0 unspecified atom stereocenters. The maximum Gasteiger partial charge on any atom is 0.332 e. The molecule has 0 radical (unpaired) electrons. The highest BCUT2D eigenvalue weighted by molar-refractivity contribution is 5.62. The van der Waals surface area contributed by atoms with Gasteiger partial charge in [-0.05, 0) is 13.3 Å². The van der Waals surface area contributed by atoms with Gasteiger partial charge in [0.25, 0.3) is 0 Å². The van der Waals surface area contributed by atoms with Crippen LogP contribution in [0.25, 0.3) is 0 Å². The van der Waals surface area contributed by atoms with Gasteiger partial charge < -0.3 is 15.0 Å². The number of rotatable bonds is 7. The molecule has 0 aliphatic rings. The number of methoxy groups -OCH3 is 1. The predicted octanol–water partition coefficient (Wildman–Crippen LogP) is 1.21. The minimum absolute atomic E-state index is 0.0566. The molecule has 0 amide bonds. The van der Waals surface area contributed by atoms with Crippen LogP contribution in [0.5, 0.6) is 0 Å². The van der Waals surface area contributed by atoms with E-state index in [1.165, 1.54) is 0 Å². The molecule has 0 saturated carbocycles. The standard InChI is InChI=1S/C11H19N5O3/c1-8-9(16(17)18)10(14-11(12-2)13-8)15(3)6-5-7-19-4/h5-7H2,1-4H3,(H,12,13,14). The van der Waals surface area contributed by atoms with Gasteiger partial charge in [0, 0.05) is 34.4 Å². The molecule has 0 aromatic carbocycles. The summed E-state index contributed by atoms with van der Waals surface area (Å²) in [5.74, 6) is 0.689. The number of hydrogen-bond donors (Lipinski definition) is 1. The molecule has 106 valence electrons. The Kier molecular flexibility index (Phi) is 5.43. The van der Waals surface area contributed by atoms with Crippen LogP contribution in [0.1, 0.15) is 12.1 Å². The van der Waals surface area contributed by atoms with E-state index in [4.69, 9.17) is 4.74 Å². The van der Waals surface area contributed by atoms with E-state index in [0.29, 0.717) is 30.6 Å². The molecule has 1 N–H and O–H groups in total. The van der Waals surface area contributed by atoms with Gasteiger partial charge in [-0.15, -0.1) is 0 Å². The molecule has 1 aromatic rings. The largest absolute Gasteiger partial charge is 0.385 e. The Morgan fingerprint density at radius 1 is 1.47 bits per heavy atom. The number of aryl methyl sites for hydroxylation is 1. The molecule has 0 fully saturated rings. The van der Waals surface area contributed by atoms with Gasteiger partial charge in [0.15, 0.2) is 0 Å². The normalized spacial score (nSPS) is 10.3. The molecule has 0 spiro atoms. The van der Waals surface area contributed by atoms with Crippen LogP contribution in [-0.4, -0.2) is 49.2 Å². The molecule has 0 bridgehead atoms. The average Bonchev–Trinajstić information content (AvgIpc) is 2.37. The number of anilines is 2. The Morgan fingerprint density at radius 3 is 2.68 bits per heavy atom. The van der Waals surface area contributed by atoms with E-state index in [1.54, 1.807) is 33.0 Å². The number of ether oxygens (including phenoxy) is 1.